The third kappa shape index (κ3) is 3.11. The Morgan fingerprint density at radius 3 is 2.72 bits per heavy atom. The Balaban J connectivity index is 2.16. The van der Waals surface area contributed by atoms with E-state index in [1.807, 2.05) is 0 Å². The molecule has 2 aromatic rings. The fourth-order valence-electron chi connectivity index (χ4n) is 1.28. The Morgan fingerprint density at radius 1 is 1.33 bits per heavy atom. The molecule has 2 rings (SSSR count). The number of hydrogen-bond donors (Lipinski definition) is 1. The average molecular weight is 294 g/mol. The molecule has 0 aliphatic heterocycles. The van der Waals surface area contributed by atoms with Crippen molar-refractivity contribution >= 4 is 28.8 Å². The zero-order chi connectivity index (χ0) is 13.2. The number of anilines is 1. The summed E-state index contributed by atoms with van der Waals surface area (Å²) in [6.45, 7) is 0.275. The minimum atomic E-state index is -4.39. The summed E-state index contributed by atoms with van der Waals surface area (Å²) in [4.78, 5) is 0. The summed E-state index contributed by atoms with van der Waals surface area (Å²) in [5.74, 6) is 0. The van der Waals surface area contributed by atoms with Crippen LogP contribution in [0, 0.1) is 0 Å². The van der Waals surface area contributed by atoms with Crippen LogP contribution in [0.5, 0.6) is 0 Å². The highest BCUT2D eigenvalue weighted by Crippen LogP contribution is 2.33. The van der Waals surface area contributed by atoms with E-state index in [9.17, 15) is 13.2 Å². The van der Waals surface area contributed by atoms with Gasteiger partial charge in [0.25, 0.3) is 0 Å². The van der Waals surface area contributed by atoms with Crippen LogP contribution in [0.3, 0.4) is 0 Å². The lowest BCUT2D eigenvalue weighted by Gasteiger charge is -2.11. The number of rotatable bonds is 3. The van der Waals surface area contributed by atoms with Crippen LogP contribution in [-0.4, -0.2) is 9.59 Å². The minimum absolute atomic E-state index is 0.222. The highest BCUT2D eigenvalue weighted by Gasteiger charge is 2.30. The van der Waals surface area contributed by atoms with Crippen molar-refractivity contribution in [2.75, 3.05) is 5.32 Å². The van der Waals surface area contributed by atoms with Gasteiger partial charge < -0.3 is 5.32 Å². The van der Waals surface area contributed by atoms with E-state index in [2.05, 4.69) is 14.9 Å². The lowest BCUT2D eigenvalue weighted by molar-refractivity contribution is -0.137. The molecule has 1 aromatic carbocycles. The third-order valence-corrected chi connectivity index (χ3v) is 3.04. The number of alkyl halides is 3. The molecule has 3 nitrogen and oxygen atoms in total. The molecular weight excluding hydrogens is 287 g/mol. The van der Waals surface area contributed by atoms with Gasteiger partial charge in [-0.05, 0) is 29.7 Å². The number of aromatic nitrogens is 2. The molecule has 0 atom stereocenters. The molecule has 18 heavy (non-hydrogen) atoms. The van der Waals surface area contributed by atoms with Crippen molar-refractivity contribution < 1.29 is 13.2 Å². The summed E-state index contributed by atoms with van der Waals surface area (Å²) in [6, 6.07) is 3.13. The van der Waals surface area contributed by atoms with Gasteiger partial charge in [-0.3, -0.25) is 0 Å². The number of nitrogens with one attached hydrogen (secondary N) is 1. The Bertz CT molecular complexity index is 528. The molecule has 8 heteroatoms. The molecule has 0 saturated carbocycles. The van der Waals surface area contributed by atoms with Crippen molar-refractivity contribution in [1.82, 2.24) is 9.59 Å². The predicted octanol–water partition coefficient (Wildman–Crippen LogP) is 3.82. The second kappa shape index (κ2) is 5.11. The molecule has 0 fully saturated rings. The van der Waals surface area contributed by atoms with Crippen molar-refractivity contribution in [2.24, 2.45) is 0 Å². The molecule has 0 aliphatic rings. The van der Waals surface area contributed by atoms with Crippen LogP contribution in [0.25, 0.3) is 0 Å². The number of hydrogen-bond acceptors (Lipinski definition) is 4. The first-order valence-corrected chi connectivity index (χ1v) is 6.05. The monoisotopic (exact) mass is 293 g/mol. The molecule has 0 aliphatic carbocycles. The molecule has 1 N–H and O–H groups in total. The highest BCUT2D eigenvalue weighted by atomic mass is 35.5. The van der Waals surface area contributed by atoms with Crippen molar-refractivity contribution in [3.8, 4) is 0 Å². The van der Waals surface area contributed by atoms with E-state index in [0.29, 0.717) is 5.69 Å². The van der Waals surface area contributed by atoms with Gasteiger partial charge in [-0.1, -0.05) is 16.1 Å². The molecule has 0 radical (unpaired) electrons. The van der Waals surface area contributed by atoms with E-state index >= 15 is 0 Å². The van der Waals surface area contributed by atoms with Gasteiger partial charge in [0.2, 0.25) is 0 Å². The largest absolute Gasteiger partial charge is 0.416 e. The van der Waals surface area contributed by atoms with Crippen molar-refractivity contribution in [3.05, 3.63) is 39.9 Å². The Morgan fingerprint density at radius 2 is 2.11 bits per heavy atom. The van der Waals surface area contributed by atoms with E-state index in [0.717, 1.165) is 12.1 Å². The Labute approximate surface area is 110 Å². The van der Waals surface area contributed by atoms with E-state index in [1.165, 1.54) is 17.6 Å². The van der Waals surface area contributed by atoms with E-state index < -0.39 is 11.7 Å². The van der Waals surface area contributed by atoms with Crippen LogP contribution in [0.2, 0.25) is 5.02 Å². The van der Waals surface area contributed by atoms with Gasteiger partial charge in [0.15, 0.2) is 0 Å². The molecule has 0 spiro atoms. The van der Waals surface area contributed by atoms with Gasteiger partial charge in [-0.2, -0.15) is 13.2 Å². The standard InChI is InChI=1S/C10H7ClF3N3S/c11-8-2-1-6(10(12,13)14)3-9(8)15-4-7-5-18-17-16-7/h1-3,5,15H,4H2. The van der Waals surface area contributed by atoms with Crippen LogP contribution in [-0.2, 0) is 12.7 Å². The van der Waals surface area contributed by atoms with Crippen LogP contribution < -0.4 is 5.32 Å². The van der Waals surface area contributed by atoms with E-state index in [4.69, 9.17) is 11.6 Å². The highest BCUT2D eigenvalue weighted by molar-refractivity contribution is 7.03. The maximum atomic E-state index is 12.5. The molecule has 1 heterocycles. The molecule has 0 amide bonds. The molecule has 1 aromatic heterocycles. The van der Waals surface area contributed by atoms with Gasteiger partial charge in [0.05, 0.1) is 28.5 Å². The molecular formula is C10H7ClF3N3S. The number of nitrogens with zero attached hydrogens (tertiary/aromatic N) is 2. The topological polar surface area (TPSA) is 37.8 Å². The molecule has 0 saturated heterocycles. The second-order valence-corrected chi connectivity index (χ2v) is 4.46. The normalized spacial score (nSPS) is 11.6. The number of halogens is 4. The van der Waals surface area contributed by atoms with Crippen LogP contribution in [0.4, 0.5) is 18.9 Å². The summed E-state index contributed by atoms with van der Waals surface area (Å²) >= 11 is 7.00. The molecule has 0 unspecified atom stereocenters. The van der Waals surface area contributed by atoms with Crippen molar-refractivity contribution in [3.63, 3.8) is 0 Å². The van der Waals surface area contributed by atoms with Gasteiger partial charge in [0.1, 0.15) is 0 Å². The van der Waals surface area contributed by atoms with Gasteiger partial charge in [0, 0.05) is 5.38 Å². The van der Waals surface area contributed by atoms with Crippen LogP contribution in [0.1, 0.15) is 11.3 Å². The zero-order valence-electron chi connectivity index (χ0n) is 8.83. The van der Waals surface area contributed by atoms with Crippen molar-refractivity contribution in [2.45, 2.75) is 12.7 Å². The smallest absolute Gasteiger partial charge is 0.378 e. The Kier molecular flexibility index (Phi) is 3.72. The first-order chi connectivity index (χ1) is 8.47. The second-order valence-electron chi connectivity index (χ2n) is 3.44. The Hall–Kier alpha value is -1.34. The fourth-order valence-corrected chi connectivity index (χ4v) is 1.92. The average Bonchev–Trinajstić information content (AvgIpc) is 2.79. The summed E-state index contributed by atoms with van der Waals surface area (Å²) < 4.78 is 41.2. The lowest BCUT2D eigenvalue weighted by Crippen LogP contribution is -2.07. The third-order valence-electron chi connectivity index (χ3n) is 2.16. The lowest BCUT2D eigenvalue weighted by atomic mass is 10.2. The molecule has 96 valence electrons. The van der Waals surface area contributed by atoms with Crippen molar-refractivity contribution in [1.29, 1.82) is 0 Å². The zero-order valence-corrected chi connectivity index (χ0v) is 10.4. The first-order valence-electron chi connectivity index (χ1n) is 4.83. The summed E-state index contributed by atoms with van der Waals surface area (Å²) in [7, 11) is 0. The SMILES string of the molecule is FC(F)(F)c1ccc(Cl)c(NCc2csnn2)c1. The van der Waals surface area contributed by atoms with Crippen LogP contribution >= 0.6 is 23.1 Å². The number of benzene rings is 1. The minimum Gasteiger partial charge on any atom is -0.378 e. The van der Waals surface area contributed by atoms with Crippen LogP contribution in [0.15, 0.2) is 23.6 Å². The first kappa shape index (κ1) is 13.1. The van der Waals surface area contributed by atoms with E-state index in [1.54, 1.807) is 5.38 Å². The maximum Gasteiger partial charge on any atom is 0.416 e. The van der Waals surface area contributed by atoms with Gasteiger partial charge in [-0.25, -0.2) is 0 Å². The molecule has 0 bridgehead atoms. The summed E-state index contributed by atoms with van der Waals surface area (Å²) in [5.41, 5.74) is 0.124. The van der Waals surface area contributed by atoms with Gasteiger partial charge in [-0.15, -0.1) is 5.10 Å². The summed E-state index contributed by atoms with van der Waals surface area (Å²) in [5, 5.41) is 8.50. The summed E-state index contributed by atoms with van der Waals surface area (Å²) in [6.07, 6.45) is -4.39. The maximum absolute atomic E-state index is 12.5. The predicted molar refractivity (Wildman–Crippen MR) is 63.7 cm³/mol. The van der Waals surface area contributed by atoms with E-state index in [-0.39, 0.29) is 17.3 Å². The quantitative estimate of drug-likeness (QED) is 0.935. The van der Waals surface area contributed by atoms with Gasteiger partial charge >= 0.3 is 6.18 Å². The fraction of sp³-hybridized carbons (Fsp3) is 0.200.